The van der Waals surface area contributed by atoms with Gasteiger partial charge in [0.15, 0.2) is 5.78 Å². The third kappa shape index (κ3) is 3.81. The Morgan fingerprint density at radius 2 is 1.65 bits per heavy atom. The lowest BCUT2D eigenvalue weighted by molar-refractivity contribution is 0.0695. The molecular formula is C16H10BrFO5. The Morgan fingerprint density at radius 1 is 0.957 bits per heavy atom. The molecule has 23 heavy (non-hydrogen) atoms. The van der Waals surface area contributed by atoms with Crippen molar-refractivity contribution in [3.63, 3.8) is 0 Å². The minimum absolute atomic E-state index is 0.120. The Bertz CT molecular complexity index is 816. The zero-order valence-electron chi connectivity index (χ0n) is 11.5. The van der Waals surface area contributed by atoms with E-state index in [0.29, 0.717) is 4.47 Å². The molecule has 0 aromatic heterocycles. The average molecular weight is 381 g/mol. The van der Waals surface area contributed by atoms with Gasteiger partial charge in [0.05, 0.1) is 16.7 Å². The Hall–Kier alpha value is -2.54. The maximum Gasteiger partial charge on any atom is 0.336 e. The van der Waals surface area contributed by atoms with Gasteiger partial charge in [-0.3, -0.25) is 4.79 Å². The van der Waals surface area contributed by atoms with Crippen LogP contribution in [-0.4, -0.2) is 27.9 Å². The average Bonchev–Trinajstić information content (AvgIpc) is 2.46. The number of hydrogen-bond donors (Lipinski definition) is 2. The first kappa shape index (κ1) is 16.8. The predicted molar refractivity (Wildman–Crippen MR) is 82.5 cm³/mol. The SMILES string of the molecule is O=C(O)c1ccc(CC(=O)c2ccc(Br)cc2F)c(C(=O)O)c1. The number of aromatic carboxylic acids is 2. The number of rotatable bonds is 5. The number of carbonyl (C=O) groups is 3. The smallest absolute Gasteiger partial charge is 0.336 e. The molecule has 2 N–H and O–H groups in total. The summed E-state index contributed by atoms with van der Waals surface area (Å²) in [6.07, 6.45) is -0.347. The highest BCUT2D eigenvalue weighted by molar-refractivity contribution is 9.10. The second-order valence-electron chi connectivity index (χ2n) is 4.71. The molecule has 0 heterocycles. The van der Waals surface area contributed by atoms with Crippen molar-refractivity contribution in [3.8, 4) is 0 Å². The molecule has 0 fully saturated rings. The van der Waals surface area contributed by atoms with Gasteiger partial charge in [0.1, 0.15) is 5.82 Å². The third-order valence-corrected chi connectivity index (χ3v) is 3.66. The minimum Gasteiger partial charge on any atom is -0.478 e. The molecule has 2 aromatic carbocycles. The van der Waals surface area contributed by atoms with Gasteiger partial charge in [-0.1, -0.05) is 22.0 Å². The highest BCUT2D eigenvalue weighted by Crippen LogP contribution is 2.19. The monoisotopic (exact) mass is 380 g/mol. The lowest BCUT2D eigenvalue weighted by Gasteiger charge is -2.08. The van der Waals surface area contributed by atoms with Crippen molar-refractivity contribution in [2.75, 3.05) is 0 Å². The number of hydrogen-bond acceptors (Lipinski definition) is 3. The van der Waals surface area contributed by atoms with Crippen LogP contribution in [0, 0.1) is 5.82 Å². The molecule has 0 atom stereocenters. The van der Waals surface area contributed by atoms with E-state index in [1.165, 1.54) is 24.3 Å². The van der Waals surface area contributed by atoms with E-state index in [0.717, 1.165) is 12.1 Å². The maximum absolute atomic E-state index is 13.8. The number of halogens is 2. The normalized spacial score (nSPS) is 10.3. The summed E-state index contributed by atoms with van der Waals surface area (Å²) in [5.41, 5.74) is -0.536. The molecular weight excluding hydrogens is 371 g/mol. The number of carbonyl (C=O) groups excluding carboxylic acids is 1. The van der Waals surface area contributed by atoms with Gasteiger partial charge in [0.25, 0.3) is 0 Å². The summed E-state index contributed by atoms with van der Waals surface area (Å²) < 4.78 is 14.3. The summed E-state index contributed by atoms with van der Waals surface area (Å²) in [6, 6.07) is 7.37. The summed E-state index contributed by atoms with van der Waals surface area (Å²) in [5, 5.41) is 18.1. The van der Waals surface area contributed by atoms with Crippen LogP contribution in [0.5, 0.6) is 0 Å². The highest BCUT2D eigenvalue weighted by Gasteiger charge is 2.18. The van der Waals surface area contributed by atoms with E-state index in [1.807, 2.05) is 0 Å². The first-order valence-electron chi connectivity index (χ1n) is 6.37. The van der Waals surface area contributed by atoms with Crippen LogP contribution in [0.2, 0.25) is 0 Å². The van der Waals surface area contributed by atoms with E-state index < -0.39 is 23.5 Å². The third-order valence-electron chi connectivity index (χ3n) is 3.17. The van der Waals surface area contributed by atoms with Crippen LogP contribution in [0.1, 0.15) is 36.6 Å². The van der Waals surface area contributed by atoms with E-state index in [-0.39, 0.29) is 28.7 Å². The Kier molecular flexibility index (Phi) is 4.90. The number of ketones is 1. The van der Waals surface area contributed by atoms with Gasteiger partial charge in [0, 0.05) is 10.9 Å². The Labute approximate surface area is 138 Å². The van der Waals surface area contributed by atoms with Crippen molar-refractivity contribution in [2.24, 2.45) is 0 Å². The Morgan fingerprint density at radius 3 is 2.22 bits per heavy atom. The van der Waals surface area contributed by atoms with E-state index >= 15 is 0 Å². The maximum atomic E-state index is 13.8. The van der Waals surface area contributed by atoms with E-state index in [4.69, 9.17) is 10.2 Å². The van der Waals surface area contributed by atoms with Crippen LogP contribution < -0.4 is 0 Å². The zero-order valence-corrected chi connectivity index (χ0v) is 13.1. The van der Waals surface area contributed by atoms with E-state index in [2.05, 4.69) is 15.9 Å². The molecule has 5 nitrogen and oxygen atoms in total. The van der Waals surface area contributed by atoms with Crippen molar-refractivity contribution < 1.29 is 29.0 Å². The largest absolute Gasteiger partial charge is 0.478 e. The second-order valence-corrected chi connectivity index (χ2v) is 5.62. The van der Waals surface area contributed by atoms with Crippen molar-refractivity contribution >= 4 is 33.7 Å². The van der Waals surface area contributed by atoms with Gasteiger partial charge in [-0.2, -0.15) is 0 Å². The molecule has 0 saturated carbocycles. The van der Waals surface area contributed by atoms with Gasteiger partial charge < -0.3 is 10.2 Å². The van der Waals surface area contributed by atoms with E-state index in [9.17, 15) is 18.8 Å². The Balaban J connectivity index is 2.37. The van der Waals surface area contributed by atoms with Gasteiger partial charge in [0.2, 0.25) is 0 Å². The molecule has 0 radical (unpaired) electrons. The fraction of sp³-hybridized carbons (Fsp3) is 0.0625. The molecule has 7 heteroatoms. The fourth-order valence-corrected chi connectivity index (χ4v) is 2.38. The van der Waals surface area contributed by atoms with Crippen LogP contribution >= 0.6 is 15.9 Å². The highest BCUT2D eigenvalue weighted by atomic mass is 79.9. The number of benzene rings is 2. The lowest BCUT2D eigenvalue weighted by Crippen LogP contribution is -2.12. The van der Waals surface area contributed by atoms with Crippen LogP contribution in [0.3, 0.4) is 0 Å². The molecule has 0 aliphatic carbocycles. The molecule has 0 saturated heterocycles. The number of carboxylic acids is 2. The molecule has 0 amide bonds. The lowest BCUT2D eigenvalue weighted by atomic mass is 9.97. The van der Waals surface area contributed by atoms with Crippen molar-refractivity contribution in [1.29, 1.82) is 0 Å². The quantitative estimate of drug-likeness (QED) is 0.775. The first-order valence-corrected chi connectivity index (χ1v) is 7.16. The topological polar surface area (TPSA) is 91.7 Å². The van der Waals surface area contributed by atoms with Crippen molar-refractivity contribution in [3.05, 3.63) is 68.9 Å². The molecule has 0 bridgehead atoms. The van der Waals surface area contributed by atoms with Gasteiger partial charge >= 0.3 is 11.9 Å². The van der Waals surface area contributed by atoms with Crippen molar-refractivity contribution in [1.82, 2.24) is 0 Å². The molecule has 2 aromatic rings. The van der Waals surface area contributed by atoms with Gasteiger partial charge in [-0.15, -0.1) is 0 Å². The molecule has 0 aliphatic rings. The molecule has 118 valence electrons. The summed E-state index contributed by atoms with van der Waals surface area (Å²) in [4.78, 5) is 34.3. The summed E-state index contributed by atoms with van der Waals surface area (Å²) in [7, 11) is 0. The van der Waals surface area contributed by atoms with Crippen LogP contribution in [-0.2, 0) is 6.42 Å². The predicted octanol–water partition coefficient (Wildman–Crippen LogP) is 3.41. The second kappa shape index (κ2) is 6.70. The summed E-state index contributed by atoms with van der Waals surface area (Å²) in [6.45, 7) is 0. The van der Waals surface area contributed by atoms with Gasteiger partial charge in [-0.05, 0) is 35.9 Å². The van der Waals surface area contributed by atoms with Crippen LogP contribution in [0.4, 0.5) is 4.39 Å². The number of carboxylic acid groups (broad SMARTS) is 2. The number of Topliss-reactive ketones (excluding diaryl/α,β-unsaturated/α-hetero) is 1. The fourth-order valence-electron chi connectivity index (χ4n) is 2.05. The molecule has 2 rings (SSSR count). The standard InChI is InChI=1S/C16H10BrFO5/c17-10-3-4-11(13(18)7-10)14(19)6-8-1-2-9(15(20)21)5-12(8)16(22)23/h1-5,7H,6H2,(H,20,21)(H,22,23). The van der Waals surface area contributed by atoms with Gasteiger partial charge in [-0.25, -0.2) is 14.0 Å². The van der Waals surface area contributed by atoms with Crippen LogP contribution in [0.25, 0.3) is 0 Å². The first-order chi connectivity index (χ1) is 10.8. The van der Waals surface area contributed by atoms with E-state index in [1.54, 1.807) is 0 Å². The van der Waals surface area contributed by atoms with Crippen LogP contribution in [0.15, 0.2) is 40.9 Å². The zero-order chi connectivity index (χ0) is 17.1. The van der Waals surface area contributed by atoms with Crippen molar-refractivity contribution in [2.45, 2.75) is 6.42 Å². The molecule has 0 unspecified atom stereocenters. The molecule has 0 aliphatic heterocycles. The minimum atomic E-state index is -1.35. The summed E-state index contributed by atoms with van der Waals surface area (Å²) in [5.74, 6) is -3.94. The molecule has 0 spiro atoms. The summed E-state index contributed by atoms with van der Waals surface area (Å²) >= 11 is 3.08.